The van der Waals surface area contributed by atoms with Gasteiger partial charge in [0.05, 0.1) is 26.6 Å². The van der Waals surface area contributed by atoms with E-state index in [4.69, 9.17) is 11.6 Å². The Kier molecular flexibility index (Phi) is 6.12. The van der Waals surface area contributed by atoms with Gasteiger partial charge in [0.25, 0.3) is 0 Å². The number of alkyl halides is 3. The van der Waals surface area contributed by atoms with E-state index in [1.807, 2.05) is 6.07 Å². The standard InChI is InChI=1S/C19H15BrClF3IN3/c1-8-11(5-4-6-13(8)19(22,23)24)9(2)26-18-12-7-14(25)15(20)16(21)17(12)27-10(3)28-18/h4-7,9H,1-3H3,(H,26,27,28)/t9-/m1/s1. The largest absolute Gasteiger partial charge is 0.416 e. The summed E-state index contributed by atoms with van der Waals surface area (Å²) in [5, 5.41) is 4.42. The van der Waals surface area contributed by atoms with Crippen molar-refractivity contribution in [2.45, 2.75) is 33.0 Å². The molecule has 9 heteroatoms. The Balaban J connectivity index is 2.09. The van der Waals surface area contributed by atoms with Gasteiger partial charge in [-0.25, -0.2) is 9.97 Å². The molecule has 28 heavy (non-hydrogen) atoms. The van der Waals surface area contributed by atoms with Crippen molar-refractivity contribution in [3.63, 3.8) is 0 Å². The Bertz CT molecular complexity index is 1070. The maximum absolute atomic E-state index is 13.2. The minimum atomic E-state index is -4.39. The van der Waals surface area contributed by atoms with Crippen molar-refractivity contribution < 1.29 is 13.2 Å². The fourth-order valence-corrected chi connectivity index (χ4v) is 4.40. The van der Waals surface area contributed by atoms with Crippen molar-refractivity contribution in [2.75, 3.05) is 5.32 Å². The summed E-state index contributed by atoms with van der Waals surface area (Å²) in [5.41, 5.74) is 0.693. The van der Waals surface area contributed by atoms with Gasteiger partial charge < -0.3 is 5.32 Å². The van der Waals surface area contributed by atoms with E-state index in [0.29, 0.717) is 33.1 Å². The normalized spacial score (nSPS) is 13.0. The molecular formula is C19H15BrClF3IN3. The van der Waals surface area contributed by atoms with Crippen LogP contribution in [0.2, 0.25) is 5.02 Å². The van der Waals surface area contributed by atoms with Crippen LogP contribution in [0.5, 0.6) is 0 Å². The number of hydrogen-bond donors (Lipinski definition) is 1. The van der Waals surface area contributed by atoms with E-state index in [1.165, 1.54) is 13.0 Å². The number of aryl methyl sites for hydroxylation is 1. The fourth-order valence-electron chi connectivity index (χ4n) is 3.11. The molecule has 1 N–H and O–H groups in total. The number of fused-ring (bicyclic) bond motifs is 1. The molecule has 2 aromatic carbocycles. The molecule has 0 spiro atoms. The topological polar surface area (TPSA) is 37.8 Å². The van der Waals surface area contributed by atoms with Gasteiger partial charge in [-0.3, -0.25) is 0 Å². The Morgan fingerprint density at radius 1 is 1.21 bits per heavy atom. The summed E-state index contributed by atoms with van der Waals surface area (Å²) in [6.07, 6.45) is -4.39. The Morgan fingerprint density at radius 3 is 2.54 bits per heavy atom. The Morgan fingerprint density at radius 2 is 1.89 bits per heavy atom. The number of benzene rings is 2. The van der Waals surface area contributed by atoms with Gasteiger partial charge >= 0.3 is 6.18 Å². The maximum atomic E-state index is 13.2. The zero-order valence-corrected chi connectivity index (χ0v) is 19.5. The zero-order valence-electron chi connectivity index (χ0n) is 15.0. The van der Waals surface area contributed by atoms with E-state index < -0.39 is 17.8 Å². The lowest BCUT2D eigenvalue weighted by molar-refractivity contribution is -0.138. The van der Waals surface area contributed by atoms with Crippen molar-refractivity contribution in [2.24, 2.45) is 0 Å². The van der Waals surface area contributed by atoms with Gasteiger partial charge in [0.2, 0.25) is 0 Å². The average Bonchev–Trinajstić information content (AvgIpc) is 2.60. The van der Waals surface area contributed by atoms with Crippen LogP contribution in [-0.4, -0.2) is 9.97 Å². The van der Waals surface area contributed by atoms with Gasteiger partial charge in [0.1, 0.15) is 11.6 Å². The van der Waals surface area contributed by atoms with Gasteiger partial charge in [0, 0.05) is 8.96 Å². The average molecular weight is 585 g/mol. The first kappa shape index (κ1) is 21.6. The molecule has 0 amide bonds. The van der Waals surface area contributed by atoms with E-state index >= 15 is 0 Å². The summed E-state index contributed by atoms with van der Waals surface area (Å²) in [6.45, 7) is 5.03. The summed E-state index contributed by atoms with van der Waals surface area (Å²) < 4.78 is 41.4. The third-order valence-corrected chi connectivity index (χ3v) is 7.45. The van der Waals surface area contributed by atoms with Crippen molar-refractivity contribution >= 4 is 66.8 Å². The van der Waals surface area contributed by atoms with Crippen LogP contribution in [0.4, 0.5) is 19.0 Å². The molecule has 148 valence electrons. The second kappa shape index (κ2) is 7.95. The first-order valence-electron chi connectivity index (χ1n) is 8.25. The monoisotopic (exact) mass is 583 g/mol. The second-order valence-electron chi connectivity index (χ2n) is 6.39. The summed E-state index contributed by atoms with van der Waals surface area (Å²) >= 11 is 12.0. The van der Waals surface area contributed by atoms with Crippen LogP contribution in [0.15, 0.2) is 28.7 Å². The summed E-state index contributed by atoms with van der Waals surface area (Å²) in [7, 11) is 0. The Hall–Kier alpha value is -1.13. The highest BCUT2D eigenvalue weighted by molar-refractivity contribution is 14.1. The number of nitrogens with zero attached hydrogens (tertiary/aromatic N) is 2. The lowest BCUT2D eigenvalue weighted by Gasteiger charge is -2.21. The molecule has 1 heterocycles. The molecule has 0 aliphatic carbocycles. The Labute approximate surface area is 187 Å². The molecule has 0 fully saturated rings. The van der Waals surface area contributed by atoms with Crippen LogP contribution in [0.25, 0.3) is 10.9 Å². The number of rotatable bonds is 3. The van der Waals surface area contributed by atoms with E-state index in [1.54, 1.807) is 19.9 Å². The molecule has 0 unspecified atom stereocenters. The van der Waals surface area contributed by atoms with Crippen molar-refractivity contribution in [3.8, 4) is 0 Å². The van der Waals surface area contributed by atoms with Gasteiger partial charge in [-0.15, -0.1) is 0 Å². The maximum Gasteiger partial charge on any atom is 0.416 e. The molecule has 3 aromatic rings. The zero-order chi connectivity index (χ0) is 20.8. The third-order valence-electron chi connectivity index (χ3n) is 4.44. The minimum Gasteiger partial charge on any atom is -0.363 e. The molecule has 0 radical (unpaired) electrons. The number of anilines is 1. The summed E-state index contributed by atoms with van der Waals surface area (Å²) in [5.74, 6) is 1.04. The van der Waals surface area contributed by atoms with Crippen LogP contribution in [0.1, 0.15) is 35.5 Å². The van der Waals surface area contributed by atoms with E-state index in [2.05, 4.69) is 53.8 Å². The van der Waals surface area contributed by atoms with Crippen molar-refractivity contribution in [1.29, 1.82) is 0 Å². The van der Waals surface area contributed by atoms with Crippen molar-refractivity contribution in [1.82, 2.24) is 9.97 Å². The summed E-state index contributed by atoms with van der Waals surface area (Å²) in [4.78, 5) is 8.87. The molecule has 0 bridgehead atoms. The number of aromatic nitrogens is 2. The van der Waals surface area contributed by atoms with Gasteiger partial charge in [-0.1, -0.05) is 23.7 Å². The molecule has 0 saturated heterocycles. The highest BCUT2D eigenvalue weighted by Crippen LogP contribution is 2.38. The van der Waals surface area contributed by atoms with Crippen LogP contribution >= 0.6 is 50.1 Å². The SMILES string of the molecule is Cc1nc(N[C@H](C)c2cccc(C(F)(F)F)c2C)c2cc(I)c(Br)c(Cl)c2n1. The molecule has 1 atom stereocenters. The van der Waals surface area contributed by atoms with Crippen LogP contribution in [-0.2, 0) is 6.18 Å². The van der Waals surface area contributed by atoms with Crippen molar-refractivity contribution in [3.05, 3.63) is 59.8 Å². The predicted molar refractivity (Wildman–Crippen MR) is 118 cm³/mol. The molecule has 1 aromatic heterocycles. The lowest BCUT2D eigenvalue weighted by atomic mass is 9.97. The quantitative estimate of drug-likeness (QED) is 0.257. The fraction of sp³-hybridized carbons (Fsp3) is 0.263. The van der Waals surface area contributed by atoms with Crippen LogP contribution in [0, 0.1) is 17.4 Å². The molecule has 3 rings (SSSR count). The second-order valence-corrected chi connectivity index (χ2v) is 8.72. The lowest BCUT2D eigenvalue weighted by Crippen LogP contribution is -2.14. The van der Waals surface area contributed by atoms with Gasteiger partial charge in [-0.05, 0) is 82.6 Å². The number of hydrogen-bond acceptors (Lipinski definition) is 3. The van der Waals surface area contributed by atoms with Crippen LogP contribution in [0.3, 0.4) is 0 Å². The van der Waals surface area contributed by atoms with Gasteiger partial charge in [-0.2, -0.15) is 13.2 Å². The molecule has 0 aliphatic rings. The molecule has 0 aliphatic heterocycles. The minimum absolute atomic E-state index is 0.195. The third kappa shape index (κ3) is 4.09. The molecular weight excluding hydrogens is 569 g/mol. The number of halogens is 6. The molecule has 3 nitrogen and oxygen atoms in total. The van der Waals surface area contributed by atoms with E-state index in [-0.39, 0.29) is 5.56 Å². The summed E-state index contributed by atoms with van der Waals surface area (Å²) in [6, 6.07) is 5.68. The van der Waals surface area contributed by atoms with Gasteiger partial charge in [0.15, 0.2) is 0 Å². The highest BCUT2D eigenvalue weighted by atomic mass is 127. The van der Waals surface area contributed by atoms with E-state index in [0.717, 1.165) is 14.1 Å². The highest BCUT2D eigenvalue weighted by Gasteiger charge is 2.33. The smallest absolute Gasteiger partial charge is 0.363 e. The first-order valence-corrected chi connectivity index (χ1v) is 10.5. The number of nitrogens with one attached hydrogen (secondary N) is 1. The molecule has 0 saturated carbocycles. The predicted octanol–water partition coefficient (Wildman–Crippen LogP) is 7.46. The van der Waals surface area contributed by atoms with E-state index in [9.17, 15) is 13.2 Å². The first-order chi connectivity index (χ1) is 13.0. The van der Waals surface area contributed by atoms with Crippen LogP contribution < -0.4 is 5.32 Å².